The minimum absolute atomic E-state index is 0.284. The molecule has 0 aliphatic rings. The van der Waals surface area contributed by atoms with Crippen molar-refractivity contribution in [1.82, 2.24) is 0 Å². The number of carbonyl (C=O) groups is 1. The Morgan fingerprint density at radius 2 is 2.47 bits per heavy atom. The first-order chi connectivity index (χ1) is 7.24. The monoisotopic (exact) mass is 227 g/mol. The van der Waals surface area contributed by atoms with E-state index >= 15 is 0 Å². The molecule has 15 heavy (non-hydrogen) atoms. The average Bonchev–Trinajstić information content (AvgIpc) is 2.71. The SMILES string of the molecule is CCCC(N)C(=O)OCCc1cccs1. The van der Waals surface area contributed by atoms with Crippen molar-refractivity contribution < 1.29 is 9.53 Å². The summed E-state index contributed by atoms with van der Waals surface area (Å²) >= 11 is 1.67. The van der Waals surface area contributed by atoms with E-state index in [-0.39, 0.29) is 5.97 Å². The Kier molecular flexibility index (Phi) is 5.36. The summed E-state index contributed by atoms with van der Waals surface area (Å²) in [7, 11) is 0. The number of thiophene rings is 1. The number of hydrogen-bond donors (Lipinski definition) is 1. The van der Waals surface area contributed by atoms with Crippen LogP contribution in [-0.4, -0.2) is 18.6 Å². The molecule has 1 heterocycles. The van der Waals surface area contributed by atoms with Crippen LogP contribution in [0.25, 0.3) is 0 Å². The molecule has 3 nitrogen and oxygen atoms in total. The highest BCUT2D eigenvalue weighted by molar-refractivity contribution is 7.09. The van der Waals surface area contributed by atoms with Crippen molar-refractivity contribution in [2.75, 3.05) is 6.61 Å². The zero-order valence-corrected chi connectivity index (χ0v) is 9.76. The van der Waals surface area contributed by atoms with Crippen LogP contribution in [0.3, 0.4) is 0 Å². The summed E-state index contributed by atoms with van der Waals surface area (Å²) in [6.45, 7) is 2.43. The summed E-state index contributed by atoms with van der Waals surface area (Å²) < 4.78 is 5.07. The van der Waals surface area contributed by atoms with Gasteiger partial charge in [0.25, 0.3) is 0 Å². The van der Waals surface area contributed by atoms with Crippen molar-refractivity contribution in [3.8, 4) is 0 Å². The molecule has 1 unspecified atom stereocenters. The first-order valence-electron chi connectivity index (χ1n) is 5.18. The molecule has 0 bridgehead atoms. The van der Waals surface area contributed by atoms with Gasteiger partial charge in [-0.2, -0.15) is 0 Å². The van der Waals surface area contributed by atoms with Gasteiger partial charge in [0.05, 0.1) is 6.61 Å². The summed E-state index contributed by atoms with van der Waals surface area (Å²) in [6, 6.07) is 3.56. The molecule has 0 aliphatic carbocycles. The van der Waals surface area contributed by atoms with Crippen LogP contribution in [0.1, 0.15) is 24.6 Å². The second kappa shape index (κ2) is 6.58. The maximum absolute atomic E-state index is 11.3. The fourth-order valence-corrected chi connectivity index (χ4v) is 1.93. The Morgan fingerprint density at radius 1 is 1.67 bits per heavy atom. The van der Waals surface area contributed by atoms with E-state index < -0.39 is 6.04 Å². The lowest BCUT2D eigenvalue weighted by molar-refractivity contribution is -0.145. The number of carbonyl (C=O) groups excluding carboxylic acids is 1. The van der Waals surface area contributed by atoms with Gasteiger partial charge < -0.3 is 10.5 Å². The smallest absolute Gasteiger partial charge is 0.322 e. The van der Waals surface area contributed by atoms with E-state index in [1.54, 1.807) is 11.3 Å². The molecule has 1 rings (SSSR count). The summed E-state index contributed by atoms with van der Waals surface area (Å²) in [5.41, 5.74) is 5.62. The second-order valence-corrected chi connectivity index (χ2v) is 4.42. The van der Waals surface area contributed by atoms with Gasteiger partial charge in [0.2, 0.25) is 0 Å². The summed E-state index contributed by atoms with van der Waals surface area (Å²) in [5.74, 6) is -0.284. The number of rotatable bonds is 6. The molecule has 1 aromatic heterocycles. The van der Waals surface area contributed by atoms with Crippen LogP contribution in [0.2, 0.25) is 0 Å². The molecule has 84 valence electrons. The van der Waals surface area contributed by atoms with E-state index in [4.69, 9.17) is 10.5 Å². The van der Waals surface area contributed by atoms with Crippen LogP contribution in [0.15, 0.2) is 17.5 Å². The number of hydrogen-bond acceptors (Lipinski definition) is 4. The molecule has 0 spiro atoms. The van der Waals surface area contributed by atoms with Crippen molar-refractivity contribution in [3.63, 3.8) is 0 Å². The molecule has 0 amide bonds. The van der Waals surface area contributed by atoms with Gasteiger partial charge in [0.15, 0.2) is 0 Å². The molecule has 4 heteroatoms. The largest absolute Gasteiger partial charge is 0.464 e. The van der Waals surface area contributed by atoms with Gasteiger partial charge in [0.1, 0.15) is 6.04 Å². The second-order valence-electron chi connectivity index (χ2n) is 3.39. The zero-order chi connectivity index (χ0) is 11.1. The van der Waals surface area contributed by atoms with Gasteiger partial charge in [-0.25, -0.2) is 0 Å². The maximum Gasteiger partial charge on any atom is 0.322 e. The molecule has 1 aromatic rings. The van der Waals surface area contributed by atoms with Gasteiger partial charge >= 0.3 is 5.97 Å². The highest BCUT2D eigenvalue weighted by Gasteiger charge is 2.13. The summed E-state index contributed by atoms with van der Waals surface area (Å²) in [4.78, 5) is 12.5. The number of esters is 1. The van der Waals surface area contributed by atoms with Crippen molar-refractivity contribution in [1.29, 1.82) is 0 Å². The van der Waals surface area contributed by atoms with Gasteiger partial charge in [0, 0.05) is 11.3 Å². The molecule has 0 saturated heterocycles. The summed E-state index contributed by atoms with van der Waals surface area (Å²) in [6.07, 6.45) is 2.38. The van der Waals surface area contributed by atoms with Crippen molar-refractivity contribution in [2.45, 2.75) is 32.2 Å². The first-order valence-corrected chi connectivity index (χ1v) is 6.06. The minimum atomic E-state index is -0.460. The molecule has 1 atom stereocenters. The third-order valence-electron chi connectivity index (χ3n) is 2.08. The van der Waals surface area contributed by atoms with Gasteiger partial charge in [-0.3, -0.25) is 4.79 Å². The predicted octanol–water partition coefficient (Wildman–Crippen LogP) is 1.96. The Labute approximate surface area is 94.2 Å². The predicted molar refractivity (Wildman–Crippen MR) is 61.9 cm³/mol. The molecule has 2 N–H and O–H groups in total. The lowest BCUT2D eigenvalue weighted by Crippen LogP contribution is -2.32. The topological polar surface area (TPSA) is 52.3 Å². The third kappa shape index (κ3) is 4.44. The Bertz CT molecular complexity index is 285. The number of ether oxygens (including phenoxy) is 1. The molecular formula is C11H17NO2S. The van der Waals surface area contributed by atoms with E-state index in [0.29, 0.717) is 13.0 Å². The van der Waals surface area contributed by atoms with E-state index in [9.17, 15) is 4.79 Å². The van der Waals surface area contributed by atoms with Crippen LogP contribution >= 0.6 is 11.3 Å². The highest BCUT2D eigenvalue weighted by atomic mass is 32.1. The summed E-state index contributed by atoms with van der Waals surface area (Å²) in [5, 5.41) is 2.01. The maximum atomic E-state index is 11.3. The molecular weight excluding hydrogens is 210 g/mol. The Hall–Kier alpha value is -0.870. The van der Waals surface area contributed by atoms with Gasteiger partial charge in [-0.1, -0.05) is 19.4 Å². The average molecular weight is 227 g/mol. The van der Waals surface area contributed by atoms with E-state index in [0.717, 1.165) is 12.8 Å². The van der Waals surface area contributed by atoms with Crippen LogP contribution < -0.4 is 5.73 Å². The lowest BCUT2D eigenvalue weighted by atomic mass is 10.2. The van der Waals surface area contributed by atoms with Gasteiger partial charge in [-0.15, -0.1) is 11.3 Å². The number of nitrogens with two attached hydrogens (primary N) is 1. The van der Waals surface area contributed by atoms with Crippen LogP contribution in [0, 0.1) is 0 Å². The molecule has 0 fully saturated rings. The van der Waals surface area contributed by atoms with E-state index in [1.165, 1.54) is 4.88 Å². The van der Waals surface area contributed by atoms with Crippen molar-refractivity contribution >= 4 is 17.3 Å². The molecule has 0 aromatic carbocycles. The molecule has 0 aliphatic heterocycles. The van der Waals surface area contributed by atoms with Crippen LogP contribution in [0.5, 0.6) is 0 Å². The molecule has 0 radical (unpaired) electrons. The minimum Gasteiger partial charge on any atom is -0.464 e. The quantitative estimate of drug-likeness (QED) is 0.756. The van der Waals surface area contributed by atoms with Crippen molar-refractivity contribution in [2.24, 2.45) is 5.73 Å². The Balaban J connectivity index is 2.17. The Morgan fingerprint density at radius 3 is 3.07 bits per heavy atom. The first kappa shape index (κ1) is 12.2. The standard InChI is InChI=1S/C11H17NO2S/c1-2-4-10(12)11(13)14-7-6-9-5-3-8-15-9/h3,5,8,10H,2,4,6-7,12H2,1H3. The fraction of sp³-hybridized carbons (Fsp3) is 0.545. The third-order valence-corrected chi connectivity index (χ3v) is 3.01. The van der Waals surface area contributed by atoms with Crippen LogP contribution in [0.4, 0.5) is 0 Å². The lowest BCUT2D eigenvalue weighted by Gasteiger charge is -2.09. The normalized spacial score (nSPS) is 12.4. The van der Waals surface area contributed by atoms with Crippen molar-refractivity contribution in [3.05, 3.63) is 22.4 Å². The zero-order valence-electron chi connectivity index (χ0n) is 8.94. The molecule has 0 saturated carbocycles. The van der Waals surface area contributed by atoms with E-state index in [1.807, 2.05) is 24.4 Å². The van der Waals surface area contributed by atoms with E-state index in [2.05, 4.69) is 0 Å². The van der Waals surface area contributed by atoms with Crippen LogP contribution in [-0.2, 0) is 16.0 Å². The highest BCUT2D eigenvalue weighted by Crippen LogP contribution is 2.09. The van der Waals surface area contributed by atoms with Gasteiger partial charge in [-0.05, 0) is 17.9 Å². The fourth-order valence-electron chi connectivity index (χ4n) is 1.24.